The van der Waals surface area contributed by atoms with Crippen molar-refractivity contribution in [2.75, 3.05) is 38.0 Å². The van der Waals surface area contributed by atoms with E-state index in [1.54, 1.807) is 18.2 Å². The number of hydrogen-bond acceptors (Lipinski definition) is 4. The van der Waals surface area contributed by atoms with Crippen LogP contribution in [-0.4, -0.2) is 48.4 Å². The van der Waals surface area contributed by atoms with Crippen molar-refractivity contribution in [2.45, 2.75) is 19.4 Å². The highest BCUT2D eigenvalue weighted by molar-refractivity contribution is 6.30. The zero-order valence-corrected chi connectivity index (χ0v) is 16.7. The molecule has 0 bridgehead atoms. The van der Waals surface area contributed by atoms with Gasteiger partial charge in [-0.15, -0.1) is 0 Å². The molecule has 1 fully saturated rings. The summed E-state index contributed by atoms with van der Waals surface area (Å²) >= 11 is 5.96. The van der Waals surface area contributed by atoms with Crippen molar-refractivity contribution in [3.8, 4) is 6.07 Å². The second-order valence-electron chi connectivity index (χ2n) is 7.05. The van der Waals surface area contributed by atoms with Gasteiger partial charge in [0.25, 0.3) is 0 Å². The molecular formula is C22H25ClN4O. The predicted octanol–water partition coefficient (Wildman–Crippen LogP) is 3.75. The van der Waals surface area contributed by atoms with Crippen LogP contribution in [-0.2, 0) is 11.3 Å². The van der Waals surface area contributed by atoms with E-state index in [1.807, 2.05) is 18.2 Å². The van der Waals surface area contributed by atoms with Crippen LogP contribution in [0, 0.1) is 11.3 Å². The normalized spacial score (nSPS) is 15.6. The average Bonchev–Trinajstić information content (AvgIpc) is 2.94. The second-order valence-corrected chi connectivity index (χ2v) is 7.49. The third-order valence-corrected chi connectivity index (χ3v) is 5.23. The van der Waals surface area contributed by atoms with Gasteiger partial charge in [-0.1, -0.05) is 35.9 Å². The second kappa shape index (κ2) is 10.2. The Kier molecular flexibility index (Phi) is 7.44. The zero-order valence-electron chi connectivity index (χ0n) is 15.9. The molecule has 0 atom stereocenters. The molecule has 0 aromatic heterocycles. The molecule has 1 aliphatic rings. The van der Waals surface area contributed by atoms with Crippen molar-refractivity contribution in [2.24, 2.45) is 0 Å². The van der Waals surface area contributed by atoms with E-state index >= 15 is 0 Å². The number of nitrogens with zero attached hydrogens (tertiary/aromatic N) is 3. The number of halogens is 1. The smallest absolute Gasteiger partial charge is 0.225 e. The van der Waals surface area contributed by atoms with Crippen LogP contribution in [0.25, 0.3) is 0 Å². The third-order valence-electron chi connectivity index (χ3n) is 4.98. The highest BCUT2D eigenvalue weighted by Gasteiger charge is 2.16. The van der Waals surface area contributed by atoms with Gasteiger partial charge in [0, 0.05) is 37.6 Å². The highest BCUT2D eigenvalue weighted by atomic mass is 35.5. The summed E-state index contributed by atoms with van der Waals surface area (Å²) in [7, 11) is 0. The quantitative estimate of drug-likeness (QED) is 0.807. The van der Waals surface area contributed by atoms with E-state index in [4.69, 9.17) is 16.9 Å². The number of amides is 1. The van der Waals surface area contributed by atoms with Crippen LogP contribution in [0.15, 0.2) is 48.5 Å². The summed E-state index contributed by atoms with van der Waals surface area (Å²) in [6.45, 7) is 5.66. The lowest BCUT2D eigenvalue weighted by atomic mass is 10.2. The SMILES string of the molecule is N#Cc1ccccc1NC(=O)CCN1CCCN(Cc2ccc(Cl)cc2)CC1. The molecule has 28 heavy (non-hydrogen) atoms. The largest absolute Gasteiger partial charge is 0.325 e. The van der Waals surface area contributed by atoms with Crippen LogP contribution in [0.2, 0.25) is 5.02 Å². The van der Waals surface area contributed by atoms with Gasteiger partial charge in [0.1, 0.15) is 6.07 Å². The van der Waals surface area contributed by atoms with Crippen LogP contribution < -0.4 is 5.32 Å². The van der Waals surface area contributed by atoms with Gasteiger partial charge in [-0.2, -0.15) is 5.26 Å². The maximum absolute atomic E-state index is 12.3. The molecule has 0 saturated carbocycles. The van der Waals surface area contributed by atoms with E-state index in [0.29, 0.717) is 17.7 Å². The van der Waals surface area contributed by atoms with Crippen LogP contribution in [0.1, 0.15) is 24.0 Å². The first-order valence-electron chi connectivity index (χ1n) is 9.62. The maximum atomic E-state index is 12.3. The molecule has 2 aromatic carbocycles. The van der Waals surface area contributed by atoms with Gasteiger partial charge in [-0.3, -0.25) is 9.69 Å². The first kappa shape index (κ1) is 20.3. The van der Waals surface area contributed by atoms with Gasteiger partial charge in [0.15, 0.2) is 0 Å². The Labute approximate surface area is 171 Å². The molecule has 1 heterocycles. The maximum Gasteiger partial charge on any atom is 0.225 e. The Morgan fingerprint density at radius 3 is 2.54 bits per heavy atom. The number of hydrogen-bond donors (Lipinski definition) is 1. The van der Waals surface area contributed by atoms with Gasteiger partial charge < -0.3 is 10.2 Å². The minimum absolute atomic E-state index is 0.0510. The summed E-state index contributed by atoms with van der Waals surface area (Å²) in [6, 6.07) is 17.2. The van der Waals surface area contributed by atoms with Gasteiger partial charge in [0.2, 0.25) is 5.91 Å². The molecule has 3 rings (SSSR count). The molecule has 146 valence electrons. The van der Waals surface area contributed by atoms with Crippen molar-refractivity contribution >= 4 is 23.2 Å². The standard InChI is InChI=1S/C22H25ClN4O/c23-20-8-6-18(7-9-20)17-27-12-3-11-26(14-15-27)13-10-22(28)25-21-5-2-1-4-19(21)16-24/h1-2,4-9H,3,10-15,17H2,(H,25,28). The Balaban J connectivity index is 1.44. The molecule has 1 N–H and O–H groups in total. The van der Waals surface area contributed by atoms with Crippen LogP contribution >= 0.6 is 11.6 Å². The van der Waals surface area contributed by atoms with Crippen LogP contribution in [0.4, 0.5) is 5.69 Å². The van der Waals surface area contributed by atoms with Gasteiger partial charge in [-0.05, 0) is 49.3 Å². The number of nitriles is 1. The fourth-order valence-electron chi connectivity index (χ4n) is 3.42. The summed E-state index contributed by atoms with van der Waals surface area (Å²) < 4.78 is 0. The minimum Gasteiger partial charge on any atom is -0.325 e. The van der Waals surface area contributed by atoms with E-state index in [2.05, 4.69) is 33.3 Å². The molecule has 0 spiro atoms. The Bertz CT molecular complexity index is 831. The van der Waals surface area contributed by atoms with Crippen molar-refractivity contribution in [3.05, 3.63) is 64.7 Å². The van der Waals surface area contributed by atoms with Crippen molar-refractivity contribution in [1.82, 2.24) is 9.80 Å². The number of para-hydroxylation sites is 1. The average molecular weight is 397 g/mol. The molecular weight excluding hydrogens is 372 g/mol. The summed E-state index contributed by atoms with van der Waals surface area (Å²) in [6.07, 6.45) is 1.52. The number of benzene rings is 2. The van der Waals surface area contributed by atoms with Gasteiger partial charge in [-0.25, -0.2) is 0 Å². The first-order valence-corrected chi connectivity index (χ1v) is 10.00. The van der Waals surface area contributed by atoms with E-state index in [9.17, 15) is 4.79 Å². The Morgan fingerprint density at radius 1 is 1.04 bits per heavy atom. The molecule has 1 amide bonds. The lowest BCUT2D eigenvalue weighted by molar-refractivity contribution is -0.116. The molecule has 1 saturated heterocycles. The lowest BCUT2D eigenvalue weighted by Crippen LogP contribution is -2.32. The minimum atomic E-state index is -0.0510. The molecule has 5 nitrogen and oxygen atoms in total. The number of rotatable bonds is 6. The summed E-state index contributed by atoms with van der Waals surface area (Å²) in [4.78, 5) is 17.1. The molecule has 1 aliphatic heterocycles. The topological polar surface area (TPSA) is 59.4 Å². The van der Waals surface area contributed by atoms with Gasteiger partial charge >= 0.3 is 0 Å². The van der Waals surface area contributed by atoms with Gasteiger partial charge in [0.05, 0.1) is 11.3 Å². The molecule has 0 aliphatic carbocycles. The number of carbonyl (C=O) groups is 1. The summed E-state index contributed by atoms with van der Waals surface area (Å²) in [5.41, 5.74) is 2.34. The van der Waals surface area contributed by atoms with Crippen molar-refractivity contribution in [3.63, 3.8) is 0 Å². The van der Waals surface area contributed by atoms with Crippen LogP contribution in [0.5, 0.6) is 0 Å². The Morgan fingerprint density at radius 2 is 1.75 bits per heavy atom. The number of anilines is 1. The fourth-order valence-corrected chi connectivity index (χ4v) is 3.54. The van der Waals surface area contributed by atoms with E-state index in [-0.39, 0.29) is 5.91 Å². The molecule has 0 unspecified atom stereocenters. The Hall–Kier alpha value is -2.39. The van der Waals surface area contributed by atoms with Crippen molar-refractivity contribution in [1.29, 1.82) is 5.26 Å². The number of carbonyl (C=O) groups excluding carboxylic acids is 1. The van der Waals surface area contributed by atoms with Crippen LogP contribution in [0.3, 0.4) is 0 Å². The van der Waals surface area contributed by atoms with E-state index in [1.165, 1.54) is 5.56 Å². The van der Waals surface area contributed by atoms with Crippen molar-refractivity contribution < 1.29 is 4.79 Å². The lowest BCUT2D eigenvalue weighted by Gasteiger charge is -2.21. The molecule has 6 heteroatoms. The monoisotopic (exact) mass is 396 g/mol. The zero-order chi connectivity index (χ0) is 19.8. The fraction of sp³-hybridized carbons (Fsp3) is 0.364. The molecule has 2 aromatic rings. The van der Waals surface area contributed by atoms with E-state index in [0.717, 1.165) is 50.7 Å². The summed E-state index contributed by atoms with van der Waals surface area (Å²) in [5, 5.41) is 12.7. The third kappa shape index (κ3) is 6.07. The van der Waals surface area contributed by atoms with E-state index < -0.39 is 0 Å². The summed E-state index contributed by atoms with van der Waals surface area (Å²) in [5.74, 6) is -0.0510. The molecule has 0 radical (unpaired) electrons. The number of nitrogens with one attached hydrogen (secondary N) is 1. The highest BCUT2D eigenvalue weighted by Crippen LogP contribution is 2.15. The predicted molar refractivity (Wildman–Crippen MR) is 112 cm³/mol. The first-order chi connectivity index (χ1) is 13.6.